The first-order valence-electron chi connectivity index (χ1n) is 11.7. The monoisotopic (exact) mass is 492 g/mol. The van der Waals surface area contributed by atoms with Crippen LogP contribution in [0, 0.1) is 0 Å². The van der Waals surface area contributed by atoms with Crippen LogP contribution in [0.2, 0.25) is 0 Å². The number of nitrogens with one attached hydrogen (secondary N) is 2. The summed E-state index contributed by atoms with van der Waals surface area (Å²) in [6.45, 7) is 6.90. The van der Waals surface area contributed by atoms with E-state index in [0.29, 0.717) is 11.3 Å². The van der Waals surface area contributed by atoms with Gasteiger partial charge in [0.05, 0.1) is 17.6 Å². The van der Waals surface area contributed by atoms with Gasteiger partial charge < -0.3 is 9.88 Å². The van der Waals surface area contributed by atoms with Crippen LogP contribution in [0.5, 0.6) is 0 Å². The number of amides is 1. The molecule has 4 heterocycles. The van der Waals surface area contributed by atoms with Gasteiger partial charge in [0.1, 0.15) is 11.5 Å². The lowest BCUT2D eigenvalue weighted by atomic mass is 10.0. The fourth-order valence-electron chi connectivity index (χ4n) is 4.50. The molecule has 0 unspecified atom stereocenters. The van der Waals surface area contributed by atoms with E-state index in [0.717, 1.165) is 49.9 Å². The summed E-state index contributed by atoms with van der Waals surface area (Å²) in [6, 6.07) is 11.9. The van der Waals surface area contributed by atoms with Crippen molar-refractivity contribution in [1.82, 2.24) is 24.7 Å². The number of carbonyl (C=O) groups is 1. The highest BCUT2D eigenvalue weighted by Crippen LogP contribution is 2.35. The molecule has 5 rings (SSSR count). The molecule has 0 aliphatic carbocycles. The average Bonchev–Trinajstić information content (AvgIpc) is 3.44. The van der Waals surface area contributed by atoms with E-state index in [2.05, 4.69) is 42.7 Å². The Morgan fingerprint density at radius 1 is 1.11 bits per heavy atom. The first-order valence-corrected chi connectivity index (χ1v) is 11.7. The van der Waals surface area contributed by atoms with Crippen LogP contribution in [0.1, 0.15) is 19.4 Å². The Bertz CT molecular complexity index is 1740. The van der Waals surface area contributed by atoms with Crippen molar-refractivity contribution < 1.29 is 9.18 Å². The molecule has 0 spiro atoms. The molecule has 0 aliphatic rings. The number of aromatic amines is 1. The maximum Gasteiger partial charge on any atom is 0.221 e. The highest BCUT2D eigenvalue weighted by atomic mass is 19.1. The van der Waals surface area contributed by atoms with Gasteiger partial charge >= 0.3 is 0 Å². The molecular formula is C29H25FN6O. The Morgan fingerprint density at radius 3 is 2.70 bits per heavy atom. The van der Waals surface area contributed by atoms with E-state index in [1.165, 1.54) is 25.2 Å². The van der Waals surface area contributed by atoms with E-state index < -0.39 is 0 Å². The van der Waals surface area contributed by atoms with Gasteiger partial charge in [-0.15, -0.1) is 0 Å². The van der Waals surface area contributed by atoms with Crippen LogP contribution in [-0.2, 0) is 11.8 Å². The number of hydrogen-bond acceptors (Lipinski definition) is 4. The molecule has 0 fully saturated rings. The Morgan fingerprint density at radius 2 is 1.92 bits per heavy atom. The summed E-state index contributed by atoms with van der Waals surface area (Å²) in [5.41, 5.74) is 7.32. The minimum atomic E-state index is -0.352. The number of fused-ring (bicyclic) bond motifs is 2. The first kappa shape index (κ1) is 23.9. The quantitative estimate of drug-likeness (QED) is 0.262. The lowest BCUT2D eigenvalue weighted by Gasteiger charge is -2.06. The average molecular weight is 493 g/mol. The fourth-order valence-corrected chi connectivity index (χ4v) is 4.50. The van der Waals surface area contributed by atoms with Gasteiger partial charge in [0, 0.05) is 53.8 Å². The minimum Gasteiger partial charge on any atom is -0.342 e. The van der Waals surface area contributed by atoms with Crippen molar-refractivity contribution in [2.75, 3.05) is 5.32 Å². The topological polar surface area (TPSA) is 88.5 Å². The van der Waals surface area contributed by atoms with Crippen molar-refractivity contribution in [3.8, 4) is 22.5 Å². The van der Waals surface area contributed by atoms with Crippen molar-refractivity contribution in [3.05, 3.63) is 91.2 Å². The number of carbonyl (C=O) groups excluding carboxylic acids is 1. The number of halogens is 1. The molecule has 2 N–H and O–H groups in total. The SMILES string of the molecule is C=C/C=C(F)\C=C(/C)c1cccc2c1cc(-c1n[nH]c3ncc(-c4cncc(NC(C)=O)c4)cc13)n2C. The highest BCUT2D eigenvalue weighted by molar-refractivity contribution is 6.00. The van der Waals surface area contributed by atoms with Crippen LogP contribution < -0.4 is 5.32 Å². The highest BCUT2D eigenvalue weighted by Gasteiger charge is 2.17. The van der Waals surface area contributed by atoms with E-state index in [9.17, 15) is 9.18 Å². The third kappa shape index (κ3) is 4.56. The molecule has 4 aromatic heterocycles. The second kappa shape index (κ2) is 9.66. The molecule has 0 bridgehead atoms. The maximum absolute atomic E-state index is 14.1. The van der Waals surface area contributed by atoms with Crippen LogP contribution in [-0.4, -0.2) is 30.6 Å². The second-order valence-corrected chi connectivity index (χ2v) is 8.78. The number of nitrogens with zero attached hydrogens (tertiary/aromatic N) is 4. The number of H-pyrrole nitrogens is 1. The molecule has 5 aromatic rings. The fraction of sp³-hybridized carbons (Fsp3) is 0.103. The van der Waals surface area contributed by atoms with Crippen molar-refractivity contribution in [1.29, 1.82) is 0 Å². The van der Waals surface area contributed by atoms with Crippen LogP contribution in [0.4, 0.5) is 10.1 Å². The number of allylic oxidation sites excluding steroid dienone is 5. The van der Waals surface area contributed by atoms with Crippen LogP contribution in [0.3, 0.4) is 0 Å². The zero-order valence-corrected chi connectivity index (χ0v) is 20.7. The number of pyridine rings is 2. The van der Waals surface area contributed by atoms with Gasteiger partial charge in [0.25, 0.3) is 0 Å². The van der Waals surface area contributed by atoms with E-state index in [-0.39, 0.29) is 11.7 Å². The Kier molecular flexibility index (Phi) is 6.23. The van der Waals surface area contributed by atoms with Gasteiger partial charge in [-0.05, 0) is 54.5 Å². The lowest BCUT2D eigenvalue weighted by Crippen LogP contribution is -2.05. The van der Waals surface area contributed by atoms with Crippen LogP contribution in [0.15, 0.2) is 85.6 Å². The molecule has 7 nitrogen and oxygen atoms in total. The smallest absolute Gasteiger partial charge is 0.221 e. The van der Waals surface area contributed by atoms with E-state index in [1.54, 1.807) is 18.6 Å². The maximum atomic E-state index is 14.1. The molecule has 0 aliphatic heterocycles. The van der Waals surface area contributed by atoms with Gasteiger partial charge in [-0.1, -0.05) is 24.8 Å². The minimum absolute atomic E-state index is 0.163. The molecule has 0 radical (unpaired) electrons. The number of rotatable bonds is 6. The number of aromatic nitrogens is 5. The van der Waals surface area contributed by atoms with Crippen molar-refractivity contribution >= 4 is 39.1 Å². The third-order valence-electron chi connectivity index (χ3n) is 6.19. The van der Waals surface area contributed by atoms with Crippen LogP contribution >= 0.6 is 0 Å². The van der Waals surface area contributed by atoms with Crippen molar-refractivity contribution in [2.24, 2.45) is 7.05 Å². The Balaban J connectivity index is 1.62. The van der Waals surface area contributed by atoms with E-state index in [4.69, 9.17) is 0 Å². The normalized spacial score (nSPS) is 12.3. The molecule has 1 aromatic carbocycles. The van der Waals surface area contributed by atoms with E-state index in [1.807, 2.05) is 44.3 Å². The van der Waals surface area contributed by atoms with Gasteiger partial charge in [-0.25, -0.2) is 9.37 Å². The lowest BCUT2D eigenvalue weighted by molar-refractivity contribution is -0.114. The summed E-state index contributed by atoms with van der Waals surface area (Å²) in [5, 5.41) is 12.2. The summed E-state index contributed by atoms with van der Waals surface area (Å²) in [5.74, 6) is -0.515. The third-order valence-corrected chi connectivity index (χ3v) is 6.19. The van der Waals surface area contributed by atoms with Crippen molar-refractivity contribution in [2.45, 2.75) is 13.8 Å². The molecular weight excluding hydrogens is 467 g/mol. The van der Waals surface area contributed by atoms with Gasteiger partial charge in [0.15, 0.2) is 5.65 Å². The molecule has 8 heteroatoms. The van der Waals surface area contributed by atoms with Gasteiger partial charge in [0.2, 0.25) is 5.91 Å². The van der Waals surface area contributed by atoms with E-state index >= 15 is 0 Å². The summed E-state index contributed by atoms with van der Waals surface area (Å²) in [7, 11) is 1.98. The molecule has 0 saturated heterocycles. The molecule has 37 heavy (non-hydrogen) atoms. The number of hydrogen-bond donors (Lipinski definition) is 2. The predicted octanol–water partition coefficient (Wildman–Crippen LogP) is 6.58. The summed E-state index contributed by atoms with van der Waals surface area (Å²) in [4.78, 5) is 20.3. The molecule has 0 atom stereocenters. The number of aryl methyl sites for hydroxylation is 1. The second-order valence-electron chi connectivity index (χ2n) is 8.78. The first-order chi connectivity index (χ1) is 17.9. The number of anilines is 1. The summed E-state index contributed by atoms with van der Waals surface area (Å²) >= 11 is 0. The van der Waals surface area contributed by atoms with Crippen molar-refractivity contribution in [3.63, 3.8) is 0 Å². The van der Waals surface area contributed by atoms with Gasteiger partial charge in [-0.2, -0.15) is 5.10 Å². The van der Waals surface area contributed by atoms with Crippen LogP contribution in [0.25, 0.3) is 50.0 Å². The zero-order valence-electron chi connectivity index (χ0n) is 20.7. The standard InChI is InChI=1S/C29H25FN6O/c1-5-7-21(30)10-17(2)23-8-6-9-26-24(23)13-27(36(26)4)28-25-12-20(15-32-29(25)35-34-28)19-11-22(16-31-14-19)33-18(3)37/h5-16H,1H2,2-4H3,(H,33,37)(H,32,34,35)/b17-10+,21-7+. The summed E-state index contributed by atoms with van der Waals surface area (Å²) in [6.07, 6.45) is 9.35. The molecule has 0 saturated carbocycles. The Hall–Kier alpha value is -4.85. The zero-order chi connectivity index (χ0) is 26.1. The molecule has 184 valence electrons. The largest absolute Gasteiger partial charge is 0.342 e. The predicted molar refractivity (Wildman–Crippen MR) is 146 cm³/mol. The van der Waals surface area contributed by atoms with Gasteiger partial charge in [-0.3, -0.25) is 14.9 Å². The molecule has 1 amide bonds. The number of benzene rings is 1. The summed E-state index contributed by atoms with van der Waals surface area (Å²) < 4.78 is 16.2. The Labute approximate surface area is 213 Å².